The van der Waals surface area contributed by atoms with Crippen molar-refractivity contribution in [3.8, 4) is 6.07 Å². The molecule has 0 saturated carbocycles. The molecule has 0 aromatic carbocycles. The number of piperidine rings is 1. The minimum Gasteiger partial charge on any atom is -0.444 e. The second-order valence-corrected chi connectivity index (χ2v) is 8.05. The molecule has 1 aromatic heterocycles. The molecule has 8 nitrogen and oxygen atoms in total. The van der Waals surface area contributed by atoms with Crippen molar-refractivity contribution in [2.75, 3.05) is 13.1 Å². The van der Waals surface area contributed by atoms with Crippen LogP contribution in [0, 0.1) is 17.2 Å². The van der Waals surface area contributed by atoms with Crippen molar-refractivity contribution in [1.82, 2.24) is 20.0 Å². The number of likely N-dealkylation sites (tertiary alicyclic amines) is 1. The molecule has 0 radical (unpaired) electrons. The Morgan fingerprint density at radius 3 is 2.67 bits per heavy atom. The second-order valence-electron chi connectivity index (χ2n) is 8.05. The number of aryl methyl sites for hydroxylation is 1. The normalized spacial score (nSPS) is 16.5. The molecule has 1 unspecified atom stereocenters. The number of amides is 2. The summed E-state index contributed by atoms with van der Waals surface area (Å²) >= 11 is 0. The number of ether oxygens (including phenoxy) is 1. The van der Waals surface area contributed by atoms with E-state index in [2.05, 4.69) is 23.4 Å². The molecule has 2 amide bonds. The number of hydrogen-bond donors (Lipinski definition) is 1. The summed E-state index contributed by atoms with van der Waals surface area (Å²) < 4.78 is 6.85. The number of carbonyl (C=O) groups excluding carboxylic acids is 2. The van der Waals surface area contributed by atoms with Gasteiger partial charge in [0.1, 0.15) is 23.4 Å². The maximum absolute atomic E-state index is 13.0. The molecule has 8 heteroatoms. The van der Waals surface area contributed by atoms with Crippen molar-refractivity contribution in [3.05, 3.63) is 18.0 Å². The van der Waals surface area contributed by atoms with E-state index in [1.807, 2.05) is 0 Å². The first-order valence-corrected chi connectivity index (χ1v) is 9.40. The van der Waals surface area contributed by atoms with E-state index >= 15 is 0 Å². The highest BCUT2D eigenvalue weighted by Gasteiger charge is 2.30. The Morgan fingerprint density at radius 1 is 1.41 bits per heavy atom. The lowest BCUT2D eigenvalue weighted by Crippen LogP contribution is -2.51. The van der Waals surface area contributed by atoms with Gasteiger partial charge in [0.15, 0.2) is 0 Å². The highest BCUT2D eigenvalue weighted by Crippen LogP contribution is 2.18. The van der Waals surface area contributed by atoms with Gasteiger partial charge in [-0.15, -0.1) is 0 Å². The summed E-state index contributed by atoms with van der Waals surface area (Å²) in [7, 11) is 0. The SMILES string of the molecule is CC1CCN(C(=O)C(CCn2nccc2C#N)NC(=O)OC(C)(C)C)CC1. The molecule has 1 aromatic rings. The standard InChI is InChI=1S/C19H29N5O3/c1-14-6-10-23(11-7-14)17(25)16(22-18(26)27-19(2,3)4)8-12-24-15(13-20)5-9-21-24/h5,9,14,16H,6-8,10-12H2,1-4H3,(H,22,26). The van der Waals surface area contributed by atoms with Crippen molar-refractivity contribution >= 4 is 12.0 Å². The van der Waals surface area contributed by atoms with Crippen molar-refractivity contribution in [3.63, 3.8) is 0 Å². The number of aromatic nitrogens is 2. The molecule has 27 heavy (non-hydrogen) atoms. The molecule has 2 heterocycles. The van der Waals surface area contributed by atoms with Crippen LogP contribution in [0.2, 0.25) is 0 Å². The minimum absolute atomic E-state index is 0.113. The summed E-state index contributed by atoms with van der Waals surface area (Å²) in [5.74, 6) is 0.493. The predicted octanol–water partition coefficient (Wildman–Crippen LogP) is 2.30. The fraction of sp³-hybridized carbons (Fsp3) is 0.684. The van der Waals surface area contributed by atoms with Crippen LogP contribution in [0.1, 0.15) is 52.7 Å². The molecular formula is C19H29N5O3. The molecule has 1 atom stereocenters. The van der Waals surface area contributed by atoms with Crippen LogP contribution in [-0.4, -0.2) is 51.4 Å². The van der Waals surface area contributed by atoms with Gasteiger partial charge in [0.25, 0.3) is 0 Å². The highest BCUT2D eigenvalue weighted by atomic mass is 16.6. The Balaban J connectivity index is 2.06. The molecule has 1 aliphatic heterocycles. The Kier molecular flexibility index (Phi) is 6.83. The third kappa shape index (κ3) is 6.27. The van der Waals surface area contributed by atoms with E-state index in [-0.39, 0.29) is 5.91 Å². The highest BCUT2D eigenvalue weighted by molar-refractivity contribution is 5.85. The molecule has 1 fully saturated rings. The molecular weight excluding hydrogens is 346 g/mol. The third-order valence-electron chi connectivity index (χ3n) is 4.55. The Labute approximate surface area is 160 Å². The van der Waals surface area contributed by atoms with E-state index in [1.165, 1.54) is 4.68 Å². The zero-order valence-electron chi connectivity index (χ0n) is 16.6. The summed E-state index contributed by atoms with van der Waals surface area (Å²) in [6, 6.07) is 2.96. The lowest BCUT2D eigenvalue weighted by atomic mass is 9.98. The summed E-state index contributed by atoms with van der Waals surface area (Å²) in [6.45, 7) is 9.25. The molecule has 1 saturated heterocycles. The van der Waals surface area contributed by atoms with E-state index in [0.717, 1.165) is 12.8 Å². The van der Waals surface area contributed by atoms with E-state index in [9.17, 15) is 9.59 Å². The van der Waals surface area contributed by atoms with Gasteiger partial charge in [-0.2, -0.15) is 10.4 Å². The summed E-state index contributed by atoms with van der Waals surface area (Å²) in [6.07, 6.45) is 3.18. The van der Waals surface area contributed by atoms with Crippen LogP contribution in [0.4, 0.5) is 4.79 Å². The van der Waals surface area contributed by atoms with Crippen LogP contribution in [0.15, 0.2) is 12.3 Å². The van der Waals surface area contributed by atoms with E-state index in [0.29, 0.717) is 37.7 Å². The molecule has 0 spiro atoms. The van der Waals surface area contributed by atoms with Gasteiger partial charge >= 0.3 is 6.09 Å². The smallest absolute Gasteiger partial charge is 0.408 e. The molecule has 1 aliphatic rings. The number of alkyl carbamates (subject to hydrolysis) is 1. The Morgan fingerprint density at radius 2 is 2.07 bits per heavy atom. The largest absolute Gasteiger partial charge is 0.444 e. The van der Waals surface area contributed by atoms with Gasteiger partial charge in [-0.05, 0) is 52.0 Å². The lowest BCUT2D eigenvalue weighted by molar-refractivity contribution is -0.135. The number of rotatable bonds is 5. The average molecular weight is 375 g/mol. The quantitative estimate of drug-likeness (QED) is 0.851. The maximum atomic E-state index is 13.0. The fourth-order valence-electron chi connectivity index (χ4n) is 3.01. The lowest BCUT2D eigenvalue weighted by Gasteiger charge is -2.33. The second kappa shape index (κ2) is 8.89. The number of hydrogen-bond acceptors (Lipinski definition) is 5. The molecule has 1 N–H and O–H groups in total. The van der Waals surface area contributed by atoms with Crippen LogP contribution in [0.5, 0.6) is 0 Å². The number of nitrogens with zero attached hydrogens (tertiary/aromatic N) is 4. The van der Waals surface area contributed by atoms with Crippen LogP contribution in [0.25, 0.3) is 0 Å². The van der Waals surface area contributed by atoms with Crippen LogP contribution < -0.4 is 5.32 Å². The number of nitrogens with one attached hydrogen (secondary N) is 1. The van der Waals surface area contributed by atoms with Gasteiger partial charge in [0, 0.05) is 19.6 Å². The van der Waals surface area contributed by atoms with Gasteiger partial charge in [-0.25, -0.2) is 4.79 Å². The third-order valence-corrected chi connectivity index (χ3v) is 4.55. The van der Waals surface area contributed by atoms with Gasteiger partial charge in [0.2, 0.25) is 5.91 Å². The zero-order chi connectivity index (χ0) is 20.0. The zero-order valence-corrected chi connectivity index (χ0v) is 16.6. The van der Waals surface area contributed by atoms with Crippen molar-refractivity contribution in [2.45, 2.75) is 65.1 Å². The van der Waals surface area contributed by atoms with Crippen molar-refractivity contribution in [1.29, 1.82) is 5.26 Å². The van der Waals surface area contributed by atoms with E-state index in [4.69, 9.17) is 10.00 Å². The van der Waals surface area contributed by atoms with Gasteiger partial charge in [0.05, 0.1) is 6.20 Å². The summed E-state index contributed by atoms with van der Waals surface area (Å²) in [4.78, 5) is 27.0. The Bertz CT molecular complexity index is 693. The minimum atomic E-state index is -0.719. The molecule has 0 bridgehead atoms. The van der Waals surface area contributed by atoms with Gasteiger partial charge in [-0.1, -0.05) is 6.92 Å². The first-order valence-electron chi connectivity index (χ1n) is 9.40. The van der Waals surface area contributed by atoms with Crippen molar-refractivity contribution in [2.24, 2.45) is 5.92 Å². The van der Waals surface area contributed by atoms with E-state index < -0.39 is 17.7 Å². The average Bonchev–Trinajstić information content (AvgIpc) is 3.04. The molecule has 2 rings (SSSR count). The van der Waals surface area contributed by atoms with Gasteiger partial charge < -0.3 is 15.0 Å². The predicted molar refractivity (Wildman–Crippen MR) is 99.7 cm³/mol. The number of nitriles is 1. The first-order chi connectivity index (χ1) is 12.7. The Hall–Kier alpha value is -2.56. The maximum Gasteiger partial charge on any atom is 0.408 e. The van der Waals surface area contributed by atoms with Crippen molar-refractivity contribution < 1.29 is 14.3 Å². The van der Waals surface area contributed by atoms with Crippen LogP contribution in [0.3, 0.4) is 0 Å². The monoisotopic (exact) mass is 375 g/mol. The first kappa shape index (κ1) is 20.7. The summed E-state index contributed by atoms with van der Waals surface area (Å²) in [5, 5.41) is 15.9. The van der Waals surface area contributed by atoms with Crippen LogP contribution in [-0.2, 0) is 16.1 Å². The fourth-order valence-corrected chi connectivity index (χ4v) is 3.01. The summed E-state index contributed by atoms with van der Waals surface area (Å²) in [5.41, 5.74) is -0.223. The van der Waals surface area contributed by atoms with E-state index in [1.54, 1.807) is 37.9 Å². The number of carbonyl (C=O) groups is 2. The van der Waals surface area contributed by atoms with Crippen LogP contribution >= 0.6 is 0 Å². The molecule has 148 valence electrons. The topological polar surface area (TPSA) is 100 Å². The van der Waals surface area contributed by atoms with Gasteiger partial charge in [-0.3, -0.25) is 9.48 Å². The molecule has 0 aliphatic carbocycles.